The molecule has 0 radical (unpaired) electrons. The number of aliphatic hydroxyl groups is 5. The normalized spacial score (nSPS) is 22.4. The Kier molecular flexibility index (Phi) is 30.5. The SMILES string of the molecule is CCCCCCCC/C=C\CCCCCCCCC(O)C(=O)NC(COC1OC(CO)C(O)C(OS(=O)(=O)O)C1O)C(O)/C=C/CCCCCCCCCC. The van der Waals surface area contributed by atoms with Gasteiger partial charge in [-0.25, -0.2) is 4.18 Å². The van der Waals surface area contributed by atoms with Crippen molar-refractivity contribution >= 4 is 16.3 Å². The number of unbranched alkanes of at least 4 members (excludes halogenated alkanes) is 20. The fourth-order valence-electron chi connectivity index (χ4n) is 6.63. The molecule has 14 heteroatoms. The second-order valence-electron chi connectivity index (χ2n) is 15.1. The number of hydrogen-bond donors (Lipinski definition) is 7. The first-order valence-corrected chi connectivity index (χ1v) is 22.7. The van der Waals surface area contributed by atoms with Crippen LogP contribution in [-0.2, 0) is 28.9 Å². The van der Waals surface area contributed by atoms with Crippen LogP contribution in [0.2, 0.25) is 0 Å². The Morgan fingerprint density at radius 1 is 0.727 bits per heavy atom. The van der Waals surface area contributed by atoms with Crippen LogP contribution in [0, 0.1) is 0 Å². The van der Waals surface area contributed by atoms with E-state index in [0.717, 1.165) is 64.2 Å². The van der Waals surface area contributed by atoms with Gasteiger partial charge in [0, 0.05) is 0 Å². The third-order valence-corrected chi connectivity index (χ3v) is 10.5. The van der Waals surface area contributed by atoms with Crippen molar-refractivity contribution in [2.75, 3.05) is 13.2 Å². The van der Waals surface area contributed by atoms with Crippen molar-refractivity contribution in [1.82, 2.24) is 5.32 Å². The van der Waals surface area contributed by atoms with Crippen molar-refractivity contribution in [3.8, 4) is 0 Å². The van der Waals surface area contributed by atoms with Crippen LogP contribution in [0.15, 0.2) is 24.3 Å². The second-order valence-corrected chi connectivity index (χ2v) is 16.1. The second kappa shape index (κ2) is 32.5. The summed E-state index contributed by atoms with van der Waals surface area (Å²) in [7, 11) is -5.11. The first kappa shape index (κ1) is 51.6. The molecule has 13 nitrogen and oxygen atoms in total. The highest BCUT2D eigenvalue weighted by Gasteiger charge is 2.48. The Labute approximate surface area is 332 Å². The van der Waals surface area contributed by atoms with Crippen molar-refractivity contribution in [1.29, 1.82) is 0 Å². The largest absolute Gasteiger partial charge is 0.397 e. The van der Waals surface area contributed by atoms with Crippen molar-refractivity contribution in [2.24, 2.45) is 0 Å². The molecule has 1 amide bonds. The summed E-state index contributed by atoms with van der Waals surface area (Å²) >= 11 is 0. The predicted molar refractivity (Wildman–Crippen MR) is 215 cm³/mol. The van der Waals surface area contributed by atoms with Gasteiger partial charge in [0.1, 0.15) is 30.5 Å². The number of nitrogens with one attached hydrogen (secondary N) is 1. The van der Waals surface area contributed by atoms with Crippen LogP contribution in [0.5, 0.6) is 0 Å². The molecule has 324 valence electrons. The number of hydrogen-bond acceptors (Lipinski definition) is 11. The Bertz CT molecular complexity index is 1110. The molecule has 1 heterocycles. The van der Waals surface area contributed by atoms with E-state index in [2.05, 4.69) is 35.5 Å². The third-order valence-electron chi connectivity index (χ3n) is 10.1. The minimum absolute atomic E-state index is 0.236. The molecule has 55 heavy (non-hydrogen) atoms. The number of amides is 1. The highest BCUT2D eigenvalue weighted by Crippen LogP contribution is 2.26. The van der Waals surface area contributed by atoms with Crippen molar-refractivity contribution in [2.45, 2.75) is 217 Å². The first-order valence-electron chi connectivity index (χ1n) is 21.3. The van der Waals surface area contributed by atoms with Crippen molar-refractivity contribution in [3.05, 3.63) is 24.3 Å². The standard InChI is InChI=1S/C41H77NO12S/c1-3-5-7-9-11-13-15-16-17-18-19-20-22-24-26-28-30-35(45)40(48)42-33(34(44)29-27-25-23-21-14-12-10-8-6-4-2)32-52-41-38(47)39(54-55(49,50)51)37(46)36(31-43)53-41/h16-17,27,29,33-39,41,43-47H,3-15,18-26,28,30-32H2,1-2H3,(H,42,48)(H,49,50,51)/b17-16-,29-27+. The smallest absolute Gasteiger partial charge is 0.394 e. The van der Waals surface area contributed by atoms with E-state index in [1.54, 1.807) is 0 Å². The molecule has 1 rings (SSSR count). The highest BCUT2D eigenvalue weighted by atomic mass is 32.3. The number of ether oxygens (including phenoxy) is 2. The molecule has 0 aromatic carbocycles. The average molecular weight is 808 g/mol. The van der Waals surface area contributed by atoms with E-state index < -0.39 is 78.5 Å². The molecule has 0 spiro atoms. The molecule has 0 bridgehead atoms. The van der Waals surface area contributed by atoms with Crippen LogP contribution in [0.3, 0.4) is 0 Å². The average Bonchev–Trinajstić information content (AvgIpc) is 3.15. The van der Waals surface area contributed by atoms with E-state index in [0.29, 0.717) is 12.8 Å². The monoisotopic (exact) mass is 808 g/mol. The zero-order valence-corrected chi connectivity index (χ0v) is 34.7. The third kappa shape index (κ3) is 25.5. The van der Waals surface area contributed by atoms with Gasteiger partial charge in [-0.05, 0) is 44.9 Å². The van der Waals surface area contributed by atoms with Crippen molar-refractivity contribution < 1.29 is 57.0 Å². The van der Waals surface area contributed by atoms with Crippen LogP contribution >= 0.6 is 0 Å². The lowest BCUT2D eigenvalue weighted by molar-refractivity contribution is -0.298. The summed E-state index contributed by atoms with van der Waals surface area (Å²) in [5, 5.41) is 54.9. The number of carbonyl (C=O) groups is 1. The van der Waals surface area contributed by atoms with E-state index in [-0.39, 0.29) is 6.42 Å². The van der Waals surface area contributed by atoms with Crippen molar-refractivity contribution in [3.63, 3.8) is 0 Å². The predicted octanol–water partition coefficient (Wildman–Crippen LogP) is 6.35. The summed E-state index contributed by atoms with van der Waals surface area (Å²) in [4.78, 5) is 13.0. The number of rotatable bonds is 35. The van der Waals surface area contributed by atoms with Gasteiger partial charge < -0.3 is 40.3 Å². The molecule has 8 atom stereocenters. The Morgan fingerprint density at radius 3 is 1.69 bits per heavy atom. The topological polar surface area (TPSA) is 212 Å². The number of aliphatic hydroxyl groups excluding tert-OH is 5. The van der Waals surface area contributed by atoms with Gasteiger partial charge in [0.25, 0.3) is 0 Å². The first-order chi connectivity index (χ1) is 26.4. The summed E-state index contributed by atoms with van der Waals surface area (Å²) in [6.45, 7) is 3.16. The molecule has 7 N–H and O–H groups in total. The Hall–Kier alpha value is -1.46. The van der Waals surface area contributed by atoms with Gasteiger partial charge in [-0.15, -0.1) is 0 Å². The maximum absolute atomic E-state index is 13.0. The van der Waals surface area contributed by atoms with Crippen LogP contribution < -0.4 is 5.32 Å². The van der Waals surface area contributed by atoms with E-state index in [1.165, 1.54) is 76.7 Å². The van der Waals surface area contributed by atoms with Crippen LogP contribution in [0.25, 0.3) is 0 Å². The molecule has 1 saturated heterocycles. The molecule has 0 saturated carbocycles. The van der Waals surface area contributed by atoms with Gasteiger partial charge >= 0.3 is 10.4 Å². The highest BCUT2D eigenvalue weighted by molar-refractivity contribution is 7.80. The summed E-state index contributed by atoms with van der Waals surface area (Å²) in [5.41, 5.74) is 0. The quantitative estimate of drug-likeness (QED) is 0.0212. The molecule has 0 aromatic rings. The Morgan fingerprint density at radius 2 is 1.20 bits per heavy atom. The van der Waals surface area contributed by atoms with Gasteiger partial charge in [0.05, 0.1) is 25.4 Å². The minimum atomic E-state index is -5.11. The lowest BCUT2D eigenvalue weighted by Crippen LogP contribution is -2.61. The molecule has 8 unspecified atom stereocenters. The fraction of sp³-hybridized carbons (Fsp3) is 0.878. The lowest BCUT2D eigenvalue weighted by Gasteiger charge is -2.41. The van der Waals surface area contributed by atoms with Gasteiger partial charge in [0.15, 0.2) is 6.29 Å². The molecule has 1 aliphatic rings. The molecule has 0 aliphatic carbocycles. The molecular formula is C41H77NO12S. The molecule has 1 aliphatic heterocycles. The molecule has 0 aromatic heterocycles. The summed E-state index contributed by atoms with van der Waals surface area (Å²) in [5.74, 6) is -0.710. The summed E-state index contributed by atoms with van der Waals surface area (Å²) < 4.78 is 47.3. The number of allylic oxidation sites excluding steroid dienone is 3. The van der Waals surface area contributed by atoms with Crippen LogP contribution in [-0.4, -0.2) is 107 Å². The maximum Gasteiger partial charge on any atom is 0.397 e. The van der Waals surface area contributed by atoms with E-state index in [1.807, 2.05) is 6.08 Å². The van der Waals surface area contributed by atoms with Crippen LogP contribution in [0.1, 0.15) is 168 Å². The maximum atomic E-state index is 13.0. The van der Waals surface area contributed by atoms with Gasteiger partial charge in [0.2, 0.25) is 5.91 Å². The van der Waals surface area contributed by atoms with Gasteiger partial charge in [-0.2, -0.15) is 8.42 Å². The zero-order valence-electron chi connectivity index (χ0n) is 33.9. The van der Waals surface area contributed by atoms with E-state index in [9.17, 15) is 38.7 Å². The molecular weight excluding hydrogens is 731 g/mol. The van der Waals surface area contributed by atoms with Crippen LogP contribution in [0.4, 0.5) is 0 Å². The summed E-state index contributed by atoms with van der Waals surface area (Å²) in [6, 6.07) is -1.12. The zero-order chi connectivity index (χ0) is 40.7. The number of carbonyl (C=O) groups excluding carboxylic acids is 1. The lowest BCUT2D eigenvalue weighted by atomic mass is 9.99. The Balaban J connectivity index is 2.61. The van der Waals surface area contributed by atoms with Gasteiger partial charge in [-0.3, -0.25) is 9.35 Å². The molecule has 1 fully saturated rings. The minimum Gasteiger partial charge on any atom is -0.394 e. The fourth-order valence-corrected chi connectivity index (χ4v) is 7.14. The van der Waals surface area contributed by atoms with E-state index >= 15 is 0 Å². The van der Waals surface area contributed by atoms with Gasteiger partial charge in [-0.1, -0.05) is 147 Å². The summed E-state index contributed by atoms with van der Waals surface area (Å²) in [6.07, 6.45) is 22.7. The van der Waals surface area contributed by atoms with E-state index in [4.69, 9.17) is 14.0 Å².